The fraction of sp³-hybridized carbons (Fsp3) is 0.526. The zero-order valence-corrected chi connectivity index (χ0v) is 16.8. The molecule has 0 heterocycles. The highest BCUT2D eigenvalue weighted by atomic mass is 32.2. The molecule has 1 amide bonds. The van der Waals surface area contributed by atoms with Gasteiger partial charge in [0.1, 0.15) is 0 Å². The molecule has 1 aromatic carbocycles. The Balaban J connectivity index is 3.15. The molecule has 7 heteroatoms. The monoisotopic (exact) mass is 388 g/mol. The molecule has 0 bridgehead atoms. The van der Waals surface area contributed by atoms with Crippen molar-refractivity contribution in [2.24, 2.45) is 5.92 Å². The topological polar surface area (TPSA) is 32.3 Å². The smallest absolute Gasteiger partial charge is 0.383 e. The highest BCUT2D eigenvalue weighted by Crippen LogP contribution is 2.37. The number of anilines is 1. The van der Waals surface area contributed by atoms with Crippen molar-refractivity contribution in [2.75, 3.05) is 19.4 Å². The van der Waals surface area contributed by atoms with Crippen LogP contribution in [0.4, 0.5) is 18.9 Å². The third kappa shape index (κ3) is 6.59. The fourth-order valence-electron chi connectivity index (χ4n) is 2.46. The quantitative estimate of drug-likeness (QED) is 0.629. The number of benzene rings is 1. The number of nitrogens with zero attached hydrogens (tertiary/aromatic N) is 1. The van der Waals surface area contributed by atoms with E-state index in [4.69, 9.17) is 0 Å². The van der Waals surface area contributed by atoms with Gasteiger partial charge in [-0.1, -0.05) is 32.0 Å². The standard InChI is InChI=1S/C19H27F3N2OS/c1-12(2)26-14(4)15-9-7-8-10-17(15)23-18(25)16(11-24(5)6)13(3)19(20,21)22/h7-14H,1-6H3,(H,23,25)/b16-11+. The predicted molar refractivity (Wildman–Crippen MR) is 103 cm³/mol. The molecule has 26 heavy (non-hydrogen) atoms. The van der Waals surface area contributed by atoms with Crippen LogP contribution in [0.1, 0.15) is 38.5 Å². The third-order valence-electron chi connectivity index (χ3n) is 3.74. The number of alkyl halides is 3. The lowest BCUT2D eigenvalue weighted by atomic mass is 10.00. The number of halogens is 3. The summed E-state index contributed by atoms with van der Waals surface area (Å²) in [5.74, 6) is -2.60. The fourth-order valence-corrected chi connectivity index (χ4v) is 3.63. The van der Waals surface area contributed by atoms with E-state index in [2.05, 4.69) is 19.2 Å². The van der Waals surface area contributed by atoms with Crippen LogP contribution < -0.4 is 5.32 Å². The Morgan fingerprint density at radius 1 is 1.15 bits per heavy atom. The second-order valence-electron chi connectivity index (χ2n) is 6.68. The lowest BCUT2D eigenvalue weighted by molar-refractivity contribution is -0.161. The minimum atomic E-state index is -4.49. The van der Waals surface area contributed by atoms with E-state index < -0.39 is 18.0 Å². The van der Waals surface area contributed by atoms with Gasteiger partial charge in [-0.2, -0.15) is 24.9 Å². The Kier molecular flexibility index (Phi) is 8.06. The van der Waals surface area contributed by atoms with Gasteiger partial charge in [0.25, 0.3) is 5.91 Å². The zero-order chi connectivity index (χ0) is 20.1. The molecule has 1 aromatic rings. The first-order valence-electron chi connectivity index (χ1n) is 8.44. The normalized spacial score (nSPS) is 14.9. The van der Waals surface area contributed by atoms with Gasteiger partial charge >= 0.3 is 6.18 Å². The van der Waals surface area contributed by atoms with E-state index in [1.165, 1.54) is 11.1 Å². The van der Waals surface area contributed by atoms with Crippen molar-refractivity contribution < 1.29 is 18.0 Å². The highest BCUT2D eigenvalue weighted by Gasteiger charge is 2.41. The van der Waals surface area contributed by atoms with Gasteiger partial charge in [0.05, 0.1) is 5.92 Å². The third-order valence-corrected chi connectivity index (χ3v) is 4.95. The number of para-hydroxylation sites is 1. The molecule has 0 saturated heterocycles. The van der Waals surface area contributed by atoms with Gasteiger partial charge in [-0.25, -0.2) is 0 Å². The summed E-state index contributed by atoms with van der Waals surface area (Å²) in [5.41, 5.74) is 1.11. The molecule has 1 rings (SSSR count). The van der Waals surface area contributed by atoms with Gasteiger partial charge in [0.15, 0.2) is 0 Å². The summed E-state index contributed by atoms with van der Waals surface area (Å²) in [5, 5.41) is 3.17. The summed E-state index contributed by atoms with van der Waals surface area (Å²) < 4.78 is 39.5. The summed E-state index contributed by atoms with van der Waals surface area (Å²) in [6.07, 6.45) is -3.26. The van der Waals surface area contributed by atoms with E-state index in [0.717, 1.165) is 12.5 Å². The number of rotatable bonds is 7. The Hall–Kier alpha value is -1.63. The lowest BCUT2D eigenvalue weighted by Crippen LogP contribution is -2.30. The number of nitrogens with one attached hydrogen (secondary N) is 1. The second kappa shape index (κ2) is 9.35. The minimum Gasteiger partial charge on any atom is -0.383 e. The number of carbonyl (C=O) groups excluding carboxylic acids is 1. The van der Waals surface area contributed by atoms with Crippen molar-refractivity contribution in [3.05, 3.63) is 41.6 Å². The summed E-state index contributed by atoms with van der Waals surface area (Å²) >= 11 is 1.72. The largest absolute Gasteiger partial charge is 0.395 e. The highest BCUT2D eigenvalue weighted by molar-refractivity contribution is 8.00. The Morgan fingerprint density at radius 3 is 2.23 bits per heavy atom. The van der Waals surface area contributed by atoms with Gasteiger partial charge < -0.3 is 10.2 Å². The Morgan fingerprint density at radius 2 is 1.73 bits per heavy atom. The number of hydrogen-bond acceptors (Lipinski definition) is 3. The zero-order valence-electron chi connectivity index (χ0n) is 16.0. The predicted octanol–water partition coefficient (Wildman–Crippen LogP) is 5.47. The molecule has 0 fully saturated rings. The van der Waals surface area contributed by atoms with E-state index in [9.17, 15) is 18.0 Å². The molecule has 0 radical (unpaired) electrons. The van der Waals surface area contributed by atoms with Crippen molar-refractivity contribution >= 4 is 23.4 Å². The Bertz CT molecular complexity index is 642. The average molecular weight is 388 g/mol. The van der Waals surface area contributed by atoms with Crippen LogP contribution in [0.25, 0.3) is 0 Å². The van der Waals surface area contributed by atoms with Gasteiger partial charge in [-0.05, 0) is 30.7 Å². The molecule has 2 unspecified atom stereocenters. The van der Waals surface area contributed by atoms with Crippen molar-refractivity contribution in [2.45, 2.75) is 44.4 Å². The first-order chi connectivity index (χ1) is 11.9. The molecule has 146 valence electrons. The number of hydrogen-bond donors (Lipinski definition) is 1. The number of carbonyl (C=O) groups is 1. The maximum Gasteiger partial charge on any atom is 0.395 e. The molecular weight excluding hydrogens is 361 g/mol. The van der Waals surface area contributed by atoms with Crippen LogP contribution >= 0.6 is 11.8 Å². The molecule has 0 aromatic heterocycles. The molecule has 0 aliphatic heterocycles. The summed E-state index contributed by atoms with van der Waals surface area (Å²) in [4.78, 5) is 14.1. The summed E-state index contributed by atoms with van der Waals surface area (Å²) in [6, 6.07) is 7.22. The average Bonchev–Trinajstić information content (AvgIpc) is 2.50. The molecule has 0 spiro atoms. The molecule has 0 aliphatic rings. The Labute approximate surface area is 158 Å². The van der Waals surface area contributed by atoms with E-state index >= 15 is 0 Å². The van der Waals surface area contributed by atoms with Crippen LogP contribution in [0.15, 0.2) is 36.0 Å². The van der Waals surface area contributed by atoms with E-state index in [1.807, 2.05) is 19.1 Å². The van der Waals surface area contributed by atoms with Gasteiger partial charge in [0.2, 0.25) is 0 Å². The first-order valence-corrected chi connectivity index (χ1v) is 9.38. The van der Waals surface area contributed by atoms with E-state index in [-0.39, 0.29) is 10.8 Å². The number of amides is 1. The van der Waals surface area contributed by atoms with Crippen molar-refractivity contribution in [3.63, 3.8) is 0 Å². The van der Waals surface area contributed by atoms with Crippen LogP contribution in [-0.4, -0.2) is 36.3 Å². The van der Waals surface area contributed by atoms with Crippen LogP contribution in [0.2, 0.25) is 0 Å². The molecule has 1 N–H and O–H groups in total. The van der Waals surface area contributed by atoms with Crippen molar-refractivity contribution in [3.8, 4) is 0 Å². The summed E-state index contributed by atoms with van der Waals surface area (Å²) in [6.45, 7) is 7.17. The maximum atomic E-state index is 13.2. The van der Waals surface area contributed by atoms with E-state index in [0.29, 0.717) is 10.9 Å². The first kappa shape index (κ1) is 22.4. The molecule has 2 atom stereocenters. The molecule has 0 saturated carbocycles. The van der Waals surface area contributed by atoms with Crippen LogP contribution in [0.5, 0.6) is 0 Å². The minimum absolute atomic E-state index is 0.104. The van der Waals surface area contributed by atoms with Crippen LogP contribution in [-0.2, 0) is 4.79 Å². The number of thioether (sulfide) groups is 1. The summed E-state index contributed by atoms with van der Waals surface area (Å²) in [7, 11) is 3.18. The molecule has 0 aliphatic carbocycles. The molecule has 3 nitrogen and oxygen atoms in total. The van der Waals surface area contributed by atoms with Crippen LogP contribution in [0.3, 0.4) is 0 Å². The SMILES string of the molecule is CC(C)SC(C)c1ccccc1NC(=O)/C(=C/N(C)C)C(C)C(F)(F)F. The van der Waals surface area contributed by atoms with Gasteiger partial charge in [0, 0.05) is 36.8 Å². The van der Waals surface area contributed by atoms with Gasteiger partial charge in [-0.3, -0.25) is 4.79 Å². The van der Waals surface area contributed by atoms with Crippen molar-refractivity contribution in [1.82, 2.24) is 4.90 Å². The molecular formula is C19H27F3N2OS. The van der Waals surface area contributed by atoms with Crippen LogP contribution in [0, 0.1) is 5.92 Å². The second-order valence-corrected chi connectivity index (χ2v) is 8.60. The van der Waals surface area contributed by atoms with E-state index in [1.54, 1.807) is 38.0 Å². The van der Waals surface area contributed by atoms with Gasteiger partial charge in [-0.15, -0.1) is 0 Å². The lowest BCUT2D eigenvalue weighted by Gasteiger charge is -2.22. The van der Waals surface area contributed by atoms with Crippen molar-refractivity contribution in [1.29, 1.82) is 0 Å². The maximum absolute atomic E-state index is 13.2.